The molecule has 3 N–H and O–H groups in total. The first-order chi connectivity index (χ1) is 14.9. The number of amides is 1. The summed E-state index contributed by atoms with van der Waals surface area (Å²) >= 11 is 0. The van der Waals surface area contributed by atoms with Crippen molar-refractivity contribution in [2.45, 2.75) is 78.1 Å². The maximum absolute atomic E-state index is 12.2. The molecule has 0 saturated heterocycles. The SMILES string of the molecule is CCCC(NC(C)C)C(=O)C=O.CNCC(=O)NC(C(=O)OC(C)(C)C)c1ccccc1. The van der Waals surface area contributed by atoms with Crippen LogP contribution in [0, 0.1) is 0 Å². The molecule has 0 bridgehead atoms. The average molecular weight is 450 g/mol. The number of hydrogen-bond acceptors (Lipinski definition) is 7. The third-order valence-electron chi connectivity index (χ3n) is 3.99. The quantitative estimate of drug-likeness (QED) is 0.270. The number of ketones is 1. The summed E-state index contributed by atoms with van der Waals surface area (Å²) in [7, 11) is 1.67. The third kappa shape index (κ3) is 13.0. The molecule has 1 aromatic rings. The first kappa shape index (κ1) is 29.4. The Bertz CT molecular complexity index is 714. The lowest BCUT2D eigenvalue weighted by Gasteiger charge is -2.24. The second kappa shape index (κ2) is 15.3. The zero-order valence-corrected chi connectivity index (χ0v) is 20.4. The summed E-state index contributed by atoms with van der Waals surface area (Å²) < 4.78 is 5.36. The summed E-state index contributed by atoms with van der Waals surface area (Å²) in [6.45, 7) is 11.4. The highest BCUT2D eigenvalue weighted by atomic mass is 16.6. The largest absolute Gasteiger partial charge is 0.458 e. The van der Waals surface area contributed by atoms with Crippen molar-refractivity contribution in [1.29, 1.82) is 0 Å². The molecule has 1 rings (SSSR count). The van der Waals surface area contributed by atoms with Crippen LogP contribution in [0.25, 0.3) is 0 Å². The van der Waals surface area contributed by atoms with Gasteiger partial charge in [0.2, 0.25) is 11.7 Å². The number of nitrogens with one attached hydrogen (secondary N) is 3. The zero-order valence-electron chi connectivity index (χ0n) is 20.4. The fourth-order valence-electron chi connectivity index (χ4n) is 2.74. The van der Waals surface area contributed by atoms with Gasteiger partial charge in [-0.05, 0) is 39.8 Å². The fourth-order valence-corrected chi connectivity index (χ4v) is 2.74. The van der Waals surface area contributed by atoms with E-state index in [1.165, 1.54) is 0 Å². The van der Waals surface area contributed by atoms with Gasteiger partial charge in [0.1, 0.15) is 5.60 Å². The fraction of sp³-hybridized carbons (Fsp3) is 0.583. The molecule has 8 nitrogen and oxygen atoms in total. The molecule has 180 valence electrons. The van der Waals surface area contributed by atoms with Gasteiger partial charge in [-0.25, -0.2) is 4.79 Å². The van der Waals surface area contributed by atoms with Crippen molar-refractivity contribution in [2.24, 2.45) is 0 Å². The summed E-state index contributed by atoms with van der Waals surface area (Å²) in [6.07, 6.45) is 2.04. The Morgan fingerprint density at radius 3 is 2.12 bits per heavy atom. The predicted octanol–water partition coefficient (Wildman–Crippen LogP) is 2.33. The van der Waals surface area contributed by atoms with E-state index in [1.807, 2.05) is 39.0 Å². The lowest BCUT2D eigenvalue weighted by atomic mass is 10.1. The smallest absolute Gasteiger partial charge is 0.333 e. The second-order valence-electron chi connectivity index (χ2n) is 8.66. The van der Waals surface area contributed by atoms with E-state index in [-0.39, 0.29) is 30.3 Å². The highest BCUT2D eigenvalue weighted by Gasteiger charge is 2.27. The molecule has 0 fully saturated rings. The number of carbonyl (C=O) groups excluding carboxylic acids is 4. The van der Waals surface area contributed by atoms with Crippen LogP contribution in [0.3, 0.4) is 0 Å². The van der Waals surface area contributed by atoms with Gasteiger partial charge < -0.3 is 20.7 Å². The molecule has 1 aromatic carbocycles. The van der Waals surface area contributed by atoms with Crippen LogP contribution in [0.1, 0.15) is 66.0 Å². The summed E-state index contributed by atoms with van der Waals surface area (Å²) in [4.78, 5) is 45.2. The number of ether oxygens (including phenoxy) is 1. The highest BCUT2D eigenvalue weighted by Crippen LogP contribution is 2.18. The van der Waals surface area contributed by atoms with Crippen molar-refractivity contribution in [3.05, 3.63) is 35.9 Å². The molecule has 0 radical (unpaired) electrons. The minimum absolute atomic E-state index is 0.145. The van der Waals surface area contributed by atoms with E-state index < -0.39 is 17.6 Å². The first-order valence-corrected chi connectivity index (χ1v) is 10.9. The maximum atomic E-state index is 12.2. The van der Waals surface area contributed by atoms with Crippen LogP contribution in [0.15, 0.2) is 30.3 Å². The molecule has 8 heteroatoms. The van der Waals surface area contributed by atoms with E-state index in [0.717, 1.165) is 12.8 Å². The lowest BCUT2D eigenvalue weighted by Crippen LogP contribution is -2.41. The standard InChI is InChI=1S/C15H22N2O3.C9H17NO2/c1-15(2,3)20-14(19)13(17-12(18)10-16-4)11-8-6-5-7-9-11;1-4-5-8(9(12)6-11)10-7(2)3/h5-9,13,16H,10H2,1-4H3,(H,17,18);6-8,10H,4-5H2,1-3H3. The molecule has 0 saturated carbocycles. The van der Waals surface area contributed by atoms with Crippen molar-refractivity contribution in [2.75, 3.05) is 13.6 Å². The maximum Gasteiger partial charge on any atom is 0.333 e. The molecule has 0 aromatic heterocycles. The summed E-state index contributed by atoms with van der Waals surface area (Å²) in [5.41, 5.74) is 0.101. The Morgan fingerprint density at radius 1 is 1.09 bits per heavy atom. The molecule has 2 unspecified atom stereocenters. The Hall–Kier alpha value is -2.58. The van der Waals surface area contributed by atoms with Gasteiger partial charge in [-0.15, -0.1) is 0 Å². The highest BCUT2D eigenvalue weighted by molar-refractivity contribution is 6.27. The number of rotatable bonds is 11. The first-order valence-electron chi connectivity index (χ1n) is 10.9. The normalized spacial score (nSPS) is 12.8. The van der Waals surface area contributed by atoms with Crippen LogP contribution < -0.4 is 16.0 Å². The van der Waals surface area contributed by atoms with Crippen LogP contribution in [0.4, 0.5) is 0 Å². The number of Topliss-reactive ketones (excluding diaryl/α,β-unsaturated/α-hetero) is 1. The van der Waals surface area contributed by atoms with E-state index in [0.29, 0.717) is 11.8 Å². The minimum Gasteiger partial charge on any atom is -0.458 e. The molecule has 0 aliphatic carbocycles. The molecule has 32 heavy (non-hydrogen) atoms. The van der Waals surface area contributed by atoms with Crippen molar-refractivity contribution in [3.8, 4) is 0 Å². The van der Waals surface area contributed by atoms with E-state index >= 15 is 0 Å². The van der Waals surface area contributed by atoms with Crippen LogP contribution >= 0.6 is 0 Å². The number of carbonyl (C=O) groups is 4. The molecule has 1 amide bonds. The van der Waals surface area contributed by atoms with Gasteiger partial charge in [0.05, 0.1) is 12.6 Å². The van der Waals surface area contributed by atoms with Crippen molar-refractivity contribution >= 4 is 23.9 Å². The molecule has 0 aliphatic heterocycles. The van der Waals surface area contributed by atoms with Gasteiger partial charge in [0.25, 0.3) is 0 Å². The topological polar surface area (TPSA) is 114 Å². The molecule has 0 spiro atoms. The van der Waals surface area contributed by atoms with Gasteiger partial charge >= 0.3 is 5.97 Å². The van der Waals surface area contributed by atoms with Crippen LogP contribution in [0.2, 0.25) is 0 Å². The Kier molecular flexibility index (Phi) is 14.0. The van der Waals surface area contributed by atoms with Crippen LogP contribution in [-0.4, -0.2) is 55.2 Å². The Balaban J connectivity index is 0.000000687. The van der Waals surface area contributed by atoms with E-state index in [9.17, 15) is 19.2 Å². The van der Waals surface area contributed by atoms with Crippen LogP contribution in [0.5, 0.6) is 0 Å². The Labute approximate surface area is 191 Å². The number of aldehydes is 1. The molecule has 0 aliphatic rings. The zero-order chi connectivity index (χ0) is 24.7. The third-order valence-corrected chi connectivity index (χ3v) is 3.99. The second-order valence-corrected chi connectivity index (χ2v) is 8.66. The van der Waals surface area contributed by atoms with E-state index in [1.54, 1.807) is 40.0 Å². The molecular formula is C24H39N3O5. The van der Waals surface area contributed by atoms with Crippen LogP contribution in [-0.2, 0) is 23.9 Å². The van der Waals surface area contributed by atoms with Gasteiger partial charge in [0.15, 0.2) is 12.3 Å². The molecular weight excluding hydrogens is 410 g/mol. The summed E-state index contributed by atoms with van der Waals surface area (Å²) in [5, 5.41) is 8.48. The number of esters is 1. The lowest BCUT2D eigenvalue weighted by molar-refractivity contribution is -0.158. The van der Waals surface area contributed by atoms with Gasteiger partial charge in [-0.2, -0.15) is 0 Å². The number of benzene rings is 1. The minimum atomic E-state index is -0.795. The van der Waals surface area contributed by atoms with Gasteiger partial charge in [0, 0.05) is 6.04 Å². The van der Waals surface area contributed by atoms with E-state index in [2.05, 4.69) is 16.0 Å². The predicted molar refractivity (Wildman–Crippen MR) is 125 cm³/mol. The number of hydrogen-bond donors (Lipinski definition) is 3. The monoisotopic (exact) mass is 449 g/mol. The summed E-state index contributed by atoms with van der Waals surface area (Å²) in [6, 6.07) is 8.22. The van der Waals surface area contributed by atoms with Gasteiger partial charge in [-0.3, -0.25) is 14.4 Å². The summed E-state index contributed by atoms with van der Waals surface area (Å²) in [5.74, 6) is -1.06. The van der Waals surface area contributed by atoms with Crippen molar-refractivity contribution < 1.29 is 23.9 Å². The average Bonchev–Trinajstić information content (AvgIpc) is 2.71. The molecule has 0 heterocycles. The van der Waals surface area contributed by atoms with Gasteiger partial charge in [-0.1, -0.05) is 57.5 Å². The van der Waals surface area contributed by atoms with Crippen molar-refractivity contribution in [1.82, 2.24) is 16.0 Å². The number of likely N-dealkylation sites (N-methyl/N-ethyl adjacent to an activating group) is 1. The van der Waals surface area contributed by atoms with Crippen molar-refractivity contribution in [3.63, 3.8) is 0 Å². The Morgan fingerprint density at radius 2 is 1.69 bits per heavy atom. The molecule has 2 atom stereocenters. The van der Waals surface area contributed by atoms with E-state index in [4.69, 9.17) is 4.74 Å².